The highest BCUT2D eigenvalue weighted by molar-refractivity contribution is 7.90. The van der Waals surface area contributed by atoms with Gasteiger partial charge in [-0.2, -0.15) is 0 Å². The monoisotopic (exact) mass is 262 g/mol. The van der Waals surface area contributed by atoms with Gasteiger partial charge < -0.3 is 0 Å². The fraction of sp³-hybridized carbons (Fsp3) is 0.333. The largest absolute Gasteiger partial charge is 0.229 e. The van der Waals surface area contributed by atoms with Crippen molar-refractivity contribution in [3.05, 3.63) is 48.0 Å². The molecule has 0 saturated carbocycles. The van der Waals surface area contributed by atoms with E-state index in [1.165, 1.54) is 22.6 Å². The van der Waals surface area contributed by atoms with Gasteiger partial charge in [-0.25, -0.2) is 8.42 Å². The Balaban J connectivity index is 2.17. The van der Waals surface area contributed by atoms with Crippen molar-refractivity contribution in [1.82, 2.24) is 0 Å². The van der Waals surface area contributed by atoms with E-state index in [0.29, 0.717) is 0 Å². The van der Waals surface area contributed by atoms with E-state index < -0.39 is 9.84 Å². The van der Waals surface area contributed by atoms with Crippen LogP contribution in [0, 0.1) is 5.92 Å². The molecule has 0 saturated heterocycles. The first-order chi connectivity index (χ1) is 8.44. The van der Waals surface area contributed by atoms with Crippen molar-refractivity contribution in [2.45, 2.75) is 13.3 Å². The van der Waals surface area contributed by atoms with Gasteiger partial charge in [0.25, 0.3) is 0 Å². The summed E-state index contributed by atoms with van der Waals surface area (Å²) in [5.41, 5.74) is 1.20. The van der Waals surface area contributed by atoms with Gasteiger partial charge in [0.2, 0.25) is 0 Å². The zero-order chi connectivity index (χ0) is 13.2. The molecule has 0 heterocycles. The summed E-state index contributed by atoms with van der Waals surface area (Å²) in [6.07, 6.45) is 2.10. The summed E-state index contributed by atoms with van der Waals surface area (Å²) in [6.45, 7) is 1.98. The van der Waals surface area contributed by atoms with Crippen molar-refractivity contribution in [2.24, 2.45) is 5.92 Å². The first kappa shape index (κ1) is 13.1. The number of benzene rings is 2. The van der Waals surface area contributed by atoms with Gasteiger partial charge in [-0.05, 0) is 28.7 Å². The Labute approximate surface area is 109 Å². The van der Waals surface area contributed by atoms with E-state index in [-0.39, 0.29) is 11.7 Å². The average molecular weight is 262 g/mol. The van der Waals surface area contributed by atoms with Crippen LogP contribution >= 0.6 is 0 Å². The Morgan fingerprint density at radius 3 is 2.39 bits per heavy atom. The molecule has 0 N–H and O–H groups in total. The number of sulfone groups is 1. The normalized spacial score (nSPS) is 13.7. The Morgan fingerprint density at radius 2 is 1.72 bits per heavy atom. The lowest BCUT2D eigenvalue weighted by atomic mass is 10.00. The van der Waals surface area contributed by atoms with Crippen molar-refractivity contribution in [3.8, 4) is 0 Å². The summed E-state index contributed by atoms with van der Waals surface area (Å²) < 4.78 is 22.5. The molecule has 2 aromatic rings. The molecule has 0 spiro atoms. The first-order valence-corrected chi connectivity index (χ1v) is 8.15. The Morgan fingerprint density at radius 1 is 1.06 bits per heavy atom. The van der Waals surface area contributed by atoms with Crippen LogP contribution in [-0.2, 0) is 16.3 Å². The predicted molar refractivity (Wildman–Crippen MR) is 76.5 cm³/mol. The minimum absolute atomic E-state index is 0.154. The molecule has 0 radical (unpaired) electrons. The quantitative estimate of drug-likeness (QED) is 0.848. The molecule has 2 nitrogen and oxygen atoms in total. The van der Waals surface area contributed by atoms with Crippen LogP contribution in [0.5, 0.6) is 0 Å². The minimum Gasteiger partial charge on any atom is -0.229 e. The third-order valence-corrected chi connectivity index (χ3v) is 4.16. The lowest BCUT2D eigenvalue weighted by molar-refractivity contribution is 0.575. The summed E-state index contributed by atoms with van der Waals surface area (Å²) in [5.74, 6) is 0.404. The Hall–Kier alpha value is -1.35. The van der Waals surface area contributed by atoms with Gasteiger partial charge in [-0.3, -0.25) is 0 Å². The average Bonchev–Trinajstić information content (AvgIpc) is 2.26. The number of hydrogen-bond acceptors (Lipinski definition) is 2. The van der Waals surface area contributed by atoms with Gasteiger partial charge in [-0.1, -0.05) is 49.4 Å². The highest BCUT2D eigenvalue weighted by atomic mass is 32.2. The molecule has 1 unspecified atom stereocenters. The number of fused-ring (bicyclic) bond motifs is 1. The molecule has 0 aromatic heterocycles. The second kappa shape index (κ2) is 5.11. The molecule has 0 bridgehead atoms. The summed E-state index contributed by atoms with van der Waals surface area (Å²) in [5, 5.41) is 2.43. The van der Waals surface area contributed by atoms with Crippen LogP contribution < -0.4 is 0 Å². The molecule has 0 aliphatic heterocycles. The summed E-state index contributed by atoms with van der Waals surface area (Å²) in [6, 6.07) is 14.5. The molecule has 0 aliphatic carbocycles. The summed E-state index contributed by atoms with van der Waals surface area (Å²) >= 11 is 0. The maximum Gasteiger partial charge on any atom is 0.147 e. The molecule has 2 aromatic carbocycles. The summed E-state index contributed by atoms with van der Waals surface area (Å²) in [4.78, 5) is 0. The lowest BCUT2D eigenvalue weighted by Crippen LogP contribution is -2.14. The van der Waals surface area contributed by atoms with Crippen LogP contribution in [-0.4, -0.2) is 20.4 Å². The fourth-order valence-electron chi connectivity index (χ4n) is 2.34. The van der Waals surface area contributed by atoms with E-state index in [9.17, 15) is 8.42 Å². The van der Waals surface area contributed by atoms with Crippen LogP contribution in [0.4, 0.5) is 0 Å². The number of rotatable bonds is 4. The van der Waals surface area contributed by atoms with E-state index in [1.807, 2.05) is 19.1 Å². The molecule has 1 atom stereocenters. The molecule has 0 fully saturated rings. The summed E-state index contributed by atoms with van der Waals surface area (Å²) in [7, 11) is -2.89. The number of hydrogen-bond donors (Lipinski definition) is 0. The maximum atomic E-state index is 11.2. The molecular formula is C15H18O2S. The zero-order valence-corrected chi connectivity index (χ0v) is 11.6. The predicted octanol–water partition coefficient (Wildman–Crippen LogP) is 3.06. The van der Waals surface area contributed by atoms with Crippen molar-refractivity contribution in [2.75, 3.05) is 12.0 Å². The first-order valence-electron chi connectivity index (χ1n) is 6.09. The molecule has 3 heteroatoms. The van der Waals surface area contributed by atoms with Crippen molar-refractivity contribution in [1.29, 1.82) is 0 Å². The van der Waals surface area contributed by atoms with Crippen LogP contribution in [0.15, 0.2) is 42.5 Å². The molecule has 0 aliphatic rings. The third-order valence-electron chi connectivity index (χ3n) is 2.99. The van der Waals surface area contributed by atoms with Crippen LogP contribution in [0.2, 0.25) is 0 Å². The van der Waals surface area contributed by atoms with E-state index in [0.717, 1.165) is 6.42 Å². The lowest BCUT2D eigenvalue weighted by Gasteiger charge is -2.10. The minimum atomic E-state index is -2.89. The van der Waals surface area contributed by atoms with Gasteiger partial charge in [-0.15, -0.1) is 0 Å². The topological polar surface area (TPSA) is 34.1 Å². The van der Waals surface area contributed by atoms with Gasteiger partial charge in [0.15, 0.2) is 0 Å². The van der Waals surface area contributed by atoms with Gasteiger partial charge in [0.05, 0.1) is 5.75 Å². The zero-order valence-electron chi connectivity index (χ0n) is 10.8. The maximum absolute atomic E-state index is 11.2. The molecule has 18 heavy (non-hydrogen) atoms. The third kappa shape index (κ3) is 3.57. The standard InChI is InChI=1S/C15H18O2S/c1-12(11-18(2,16)17)9-13-7-8-14-5-3-4-6-15(14)10-13/h3-8,10,12H,9,11H2,1-2H3. The second-order valence-corrected chi connectivity index (χ2v) is 7.27. The van der Waals surface area contributed by atoms with Crippen LogP contribution in [0.25, 0.3) is 10.8 Å². The molecule has 0 amide bonds. The van der Waals surface area contributed by atoms with Gasteiger partial charge in [0.1, 0.15) is 9.84 Å². The fourth-order valence-corrected chi connectivity index (χ4v) is 3.50. The van der Waals surface area contributed by atoms with E-state index in [2.05, 4.69) is 30.3 Å². The molecular weight excluding hydrogens is 244 g/mol. The Kier molecular flexibility index (Phi) is 3.71. The highest BCUT2D eigenvalue weighted by Gasteiger charge is 2.11. The SMILES string of the molecule is CC(Cc1ccc2ccccc2c1)CS(C)(=O)=O. The van der Waals surface area contributed by atoms with E-state index >= 15 is 0 Å². The van der Waals surface area contributed by atoms with E-state index in [4.69, 9.17) is 0 Å². The van der Waals surface area contributed by atoms with E-state index in [1.54, 1.807) is 0 Å². The van der Waals surface area contributed by atoms with Crippen LogP contribution in [0.1, 0.15) is 12.5 Å². The van der Waals surface area contributed by atoms with Crippen molar-refractivity contribution < 1.29 is 8.42 Å². The van der Waals surface area contributed by atoms with Gasteiger partial charge >= 0.3 is 0 Å². The molecule has 2 rings (SSSR count). The van der Waals surface area contributed by atoms with Gasteiger partial charge in [0, 0.05) is 6.26 Å². The highest BCUT2D eigenvalue weighted by Crippen LogP contribution is 2.18. The Bertz CT molecular complexity index is 644. The smallest absolute Gasteiger partial charge is 0.147 e. The second-order valence-electron chi connectivity index (χ2n) is 5.08. The van der Waals surface area contributed by atoms with Crippen molar-refractivity contribution in [3.63, 3.8) is 0 Å². The van der Waals surface area contributed by atoms with Crippen molar-refractivity contribution >= 4 is 20.6 Å². The molecule has 96 valence electrons. The van der Waals surface area contributed by atoms with Crippen LogP contribution in [0.3, 0.4) is 0 Å².